The molecule has 338 valence electrons. The zero-order valence-electron chi connectivity index (χ0n) is 40.6. The van der Waals surface area contributed by atoms with Gasteiger partial charge in [0.2, 0.25) is 0 Å². The van der Waals surface area contributed by atoms with Crippen LogP contribution in [0.3, 0.4) is 0 Å². The van der Waals surface area contributed by atoms with Gasteiger partial charge in [0.15, 0.2) is 0 Å². The van der Waals surface area contributed by atoms with Crippen LogP contribution >= 0.6 is 0 Å². The van der Waals surface area contributed by atoms with Gasteiger partial charge in [-0.05, 0) is 159 Å². The summed E-state index contributed by atoms with van der Waals surface area (Å²) in [5.41, 5.74) is 26.2. The van der Waals surface area contributed by atoms with Gasteiger partial charge in [0.25, 0.3) is 0 Å². The Morgan fingerprint density at radius 3 is 1.20 bits per heavy atom. The van der Waals surface area contributed by atoms with Gasteiger partial charge >= 0.3 is 0 Å². The monoisotopic (exact) mass is 907 g/mol. The molecular formula is C70H53N. The van der Waals surface area contributed by atoms with Crippen molar-refractivity contribution in [1.82, 2.24) is 0 Å². The lowest BCUT2D eigenvalue weighted by Gasteiger charge is -2.28. The molecule has 0 saturated carbocycles. The van der Waals surface area contributed by atoms with E-state index in [2.05, 4.69) is 281 Å². The smallest absolute Gasteiger partial charge is 0.0465 e. The zero-order chi connectivity index (χ0) is 47.8. The maximum Gasteiger partial charge on any atom is 0.0465 e. The van der Waals surface area contributed by atoms with Crippen LogP contribution in [-0.2, 0) is 10.8 Å². The second-order valence-electron chi connectivity index (χ2n) is 20.5. The van der Waals surface area contributed by atoms with E-state index in [0.717, 1.165) is 17.1 Å². The van der Waals surface area contributed by atoms with Crippen LogP contribution in [0.15, 0.2) is 249 Å². The SMILES string of the molecule is CC1(C)c2ccccc2-c2ccc(-c3ccc(N(c4ccc(-c5cccc6ccccc56)cc4)c4ccc5c(c4)C(C)(C)c4cc(-c6ccc(-c7ccc(-c8ccccc8)cc7)cc6)ccc4-5)cc3)cc21. The summed E-state index contributed by atoms with van der Waals surface area (Å²) in [7, 11) is 0. The first-order valence-corrected chi connectivity index (χ1v) is 25.0. The summed E-state index contributed by atoms with van der Waals surface area (Å²) in [6, 6.07) is 92.2. The third kappa shape index (κ3) is 7.14. The van der Waals surface area contributed by atoms with Gasteiger partial charge in [0.05, 0.1) is 0 Å². The van der Waals surface area contributed by atoms with Crippen LogP contribution in [0, 0.1) is 0 Å². The van der Waals surface area contributed by atoms with E-state index in [0.29, 0.717) is 0 Å². The molecule has 0 fully saturated rings. The topological polar surface area (TPSA) is 3.24 Å². The predicted molar refractivity (Wildman–Crippen MR) is 301 cm³/mol. The van der Waals surface area contributed by atoms with Crippen molar-refractivity contribution in [3.8, 4) is 77.9 Å². The second-order valence-corrected chi connectivity index (χ2v) is 20.5. The van der Waals surface area contributed by atoms with Crippen LogP contribution in [0.2, 0.25) is 0 Å². The molecule has 0 atom stereocenters. The van der Waals surface area contributed by atoms with E-state index < -0.39 is 0 Å². The van der Waals surface area contributed by atoms with Crippen molar-refractivity contribution in [1.29, 1.82) is 0 Å². The molecule has 1 heteroatoms. The number of nitrogens with zero attached hydrogens (tertiary/aromatic N) is 1. The molecule has 0 aromatic heterocycles. The predicted octanol–water partition coefficient (Wildman–Crippen LogP) is 19.3. The fourth-order valence-corrected chi connectivity index (χ4v) is 11.8. The molecular weight excluding hydrogens is 855 g/mol. The summed E-state index contributed by atoms with van der Waals surface area (Å²) in [5, 5.41) is 2.51. The number of rotatable bonds is 8. The molecule has 0 N–H and O–H groups in total. The minimum Gasteiger partial charge on any atom is -0.310 e. The number of fused-ring (bicyclic) bond motifs is 7. The molecule has 13 rings (SSSR count). The van der Waals surface area contributed by atoms with Crippen molar-refractivity contribution >= 4 is 27.8 Å². The van der Waals surface area contributed by atoms with Gasteiger partial charge in [-0.25, -0.2) is 0 Å². The van der Waals surface area contributed by atoms with Crippen molar-refractivity contribution in [3.05, 3.63) is 271 Å². The Kier molecular flexibility index (Phi) is 9.94. The molecule has 0 bridgehead atoms. The molecule has 2 aliphatic carbocycles. The molecule has 2 aliphatic rings. The Bertz CT molecular complexity index is 3810. The first-order valence-electron chi connectivity index (χ1n) is 25.0. The van der Waals surface area contributed by atoms with Crippen LogP contribution in [0.5, 0.6) is 0 Å². The molecule has 1 nitrogen and oxygen atoms in total. The van der Waals surface area contributed by atoms with Crippen LogP contribution in [0.4, 0.5) is 17.1 Å². The van der Waals surface area contributed by atoms with E-state index in [9.17, 15) is 0 Å². The molecule has 0 heterocycles. The fourth-order valence-electron chi connectivity index (χ4n) is 11.8. The molecule has 0 aliphatic heterocycles. The quantitative estimate of drug-likeness (QED) is 0.147. The summed E-state index contributed by atoms with van der Waals surface area (Å²) in [5.74, 6) is 0. The largest absolute Gasteiger partial charge is 0.310 e. The zero-order valence-corrected chi connectivity index (χ0v) is 40.6. The van der Waals surface area contributed by atoms with E-state index in [1.54, 1.807) is 0 Å². The normalized spacial score (nSPS) is 13.6. The van der Waals surface area contributed by atoms with Gasteiger partial charge in [0, 0.05) is 27.9 Å². The van der Waals surface area contributed by atoms with Crippen LogP contribution in [0.25, 0.3) is 88.7 Å². The molecule has 11 aromatic carbocycles. The number of benzene rings is 11. The second kappa shape index (κ2) is 16.6. The van der Waals surface area contributed by atoms with Gasteiger partial charge in [-0.3, -0.25) is 0 Å². The summed E-state index contributed by atoms with van der Waals surface area (Å²) < 4.78 is 0. The molecule has 71 heavy (non-hydrogen) atoms. The maximum atomic E-state index is 2.44. The lowest BCUT2D eigenvalue weighted by Crippen LogP contribution is -2.16. The average Bonchev–Trinajstić information content (AvgIpc) is 3.80. The van der Waals surface area contributed by atoms with Gasteiger partial charge < -0.3 is 4.90 Å². The van der Waals surface area contributed by atoms with Crippen LogP contribution < -0.4 is 4.90 Å². The highest BCUT2D eigenvalue weighted by atomic mass is 15.1. The van der Waals surface area contributed by atoms with E-state index in [1.807, 2.05) is 0 Å². The van der Waals surface area contributed by atoms with Crippen molar-refractivity contribution < 1.29 is 0 Å². The number of hydrogen-bond donors (Lipinski definition) is 0. The summed E-state index contributed by atoms with van der Waals surface area (Å²) in [6.07, 6.45) is 0. The fraction of sp³-hybridized carbons (Fsp3) is 0.0857. The molecule has 0 unspecified atom stereocenters. The Balaban J connectivity index is 0.838. The molecule has 0 amide bonds. The van der Waals surface area contributed by atoms with E-state index in [4.69, 9.17) is 0 Å². The number of hydrogen-bond acceptors (Lipinski definition) is 1. The third-order valence-corrected chi connectivity index (χ3v) is 15.7. The first-order chi connectivity index (χ1) is 34.7. The van der Waals surface area contributed by atoms with Gasteiger partial charge in [-0.1, -0.05) is 228 Å². The van der Waals surface area contributed by atoms with Crippen molar-refractivity contribution in [2.75, 3.05) is 4.90 Å². The Morgan fingerprint density at radius 1 is 0.239 bits per heavy atom. The van der Waals surface area contributed by atoms with Crippen molar-refractivity contribution in [3.63, 3.8) is 0 Å². The molecule has 0 saturated heterocycles. The van der Waals surface area contributed by atoms with E-state index >= 15 is 0 Å². The van der Waals surface area contributed by atoms with Gasteiger partial charge in [-0.2, -0.15) is 0 Å². The highest BCUT2D eigenvalue weighted by Gasteiger charge is 2.37. The Morgan fingerprint density at radius 2 is 0.606 bits per heavy atom. The molecule has 0 spiro atoms. The standard InChI is InChI=1S/C70H53N/c1-69(2)65-20-11-10-18-61(65)62-40-33-55(43-66(62)69)51-29-35-56(36-30-51)71(57-37-31-53(32-38-57)60-19-12-16-52-15-8-9-17-59(52)60)58-39-42-64-63-41-34-54(44-67(63)70(3,4)68(64)45-58)50-27-25-49(26-28-50)48-23-21-47(22-24-48)46-13-6-5-7-14-46/h5-45H,1-4H3. The van der Waals surface area contributed by atoms with Crippen LogP contribution in [-0.4, -0.2) is 0 Å². The van der Waals surface area contributed by atoms with E-state index in [1.165, 1.54) is 111 Å². The minimum absolute atomic E-state index is 0.0533. The average molecular weight is 908 g/mol. The molecule has 11 aromatic rings. The number of anilines is 3. The van der Waals surface area contributed by atoms with Gasteiger partial charge in [-0.15, -0.1) is 0 Å². The minimum atomic E-state index is -0.216. The van der Waals surface area contributed by atoms with E-state index in [-0.39, 0.29) is 10.8 Å². The summed E-state index contributed by atoms with van der Waals surface area (Å²) in [6.45, 7) is 9.49. The highest BCUT2D eigenvalue weighted by molar-refractivity contribution is 5.97. The lowest BCUT2D eigenvalue weighted by atomic mass is 9.81. The lowest BCUT2D eigenvalue weighted by molar-refractivity contribution is 0.660. The summed E-state index contributed by atoms with van der Waals surface area (Å²) in [4.78, 5) is 2.43. The Hall–Kier alpha value is -8.52. The maximum absolute atomic E-state index is 2.44. The first kappa shape index (κ1) is 42.6. The third-order valence-electron chi connectivity index (χ3n) is 15.7. The van der Waals surface area contributed by atoms with Crippen LogP contribution in [0.1, 0.15) is 49.9 Å². The molecule has 0 radical (unpaired) electrons. The highest BCUT2D eigenvalue weighted by Crippen LogP contribution is 2.53. The van der Waals surface area contributed by atoms with Gasteiger partial charge in [0.1, 0.15) is 0 Å². The van der Waals surface area contributed by atoms with Crippen molar-refractivity contribution in [2.24, 2.45) is 0 Å². The summed E-state index contributed by atoms with van der Waals surface area (Å²) >= 11 is 0. The van der Waals surface area contributed by atoms with Crippen molar-refractivity contribution in [2.45, 2.75) is 38.5 Å². The Labute approximate surface area is 418 Å².